The van der Waals surface area contributed by atoms with Gasteiger partial charge in [0.25, 0.3) is 5.91 Å². The zero-order valence-corrected chi connectivity index (χ0v) is 13.7. The van der Waals surface area contributed by atoms with Crippen LogP contribution >= 0.6 is 0 Å². The summed E-state index contributed by atoms with van der Waals surface area (Å²) >= 11 is 0. The first-order chi connectivity index (χ1) is 11.6. The van der Waals surface area contributed by atoms with Crippen molar-refractivity contribution in [3.05, 3.63) is 41.8 Å². The summed E-state index contributed by atoms with van der Waals surface area (Å²) in [5.41, 5.74) is 1.74. The summed E-state index contributed by atoms with van der Waals surface area (Å²) in [5, 5.41) is 16.9. The van der Waals surface area contributed by atoms with E-state index in [0.717, 1.165) is 25.7 Å². The largest absolute Gasteiger partial charge is 0.393 e. The number of nitrogens with zero attached hydrogens (tertiary/aromatic N) is 2. The molecule has 0 bridgehead atoms. The van der Waals surface area contributed by atoms with Crippen LogP contribution in [-0.2, 0) is 0 Å². The second kappa shape index (κ2) is 7.13. The van der Waals surface area contributed by atoms with Crippen molar-refractivity contribution in [2.75, 3.05) is 13.6 Å². The predicted molar refractivity (Wildman–Crippen MR) is 88.9 cm³/mol. The molecule has 1 amide bonds. The van der Waals surface area contributed by atoms with Gasteiger partial charge in [-0.15, -0.1) is 0 Å². The highest BCUT2D eigenvalue weighted by Crippen LogP contribution is 2.26. The number of nitrogens with one attached hydrogen (secondary N) is 1. The monoisotopic (exact) mass is 331 g/mol. The Morgan fingerprint density at radius 2 is 2.04 bits per heavy atom. The van der Waals surface area contributed by atoms with Crippen molar-refractivity contribution in [3.63, 3.8) is 0 Å². The molecule has 2 aromatic rings. The maximum atomic E-state index is 13.1. The standard InChI is InChI=1S/C18H22FN3O2/c1-22(11-13-4-2-3-5-16(13)23)18(24)15-10-20-21-17(15)12-6-8-14(19)9-7-12/h6-10,13,16,23H,2-5,11H2,1H3,(H,20,21). The van der Waals surface area contributed by atoms with Crippen molar-refractivity contribution in [2.24, 2.45) is 5.92 Å². The number of rotatable bonds is 4. The number of hydrogen-bond acceptors (Lipinski definition) is 3. The molecule has 1 aromatic carbocycles. The molecule has 3 rings (SSSR count). The number of aliphatic hydroxyl groups is 1. The third-order valence-electron chi connectivity index (χ3n) is 4.73. The zero-order chi connectivity index (χ0) is 17.1. The SMILES string of the molecule is CN(CC1CCCCC1O)C(=O)c1cn[nH]c1-c1ccc(F)cc1. The molecule has 24 heavy (non-hydrogen) atoms. The van der Waals surface area contributed by atoms with E-state index in [1.807, 2.05) is 0 Å². The Balaban J connectivity index is 1.75. The lowest BCUT2D eigenvalue weighted by Crippen LogP contribution is -2.38. The van der Waals surface area contributed by atoms with Crippen LogP contribution in [0.15, 0.2) is 30.5 Å². The van der Waals surface area contributed by atoms with E-state index in [2.05, 4.69) is 10.2 Å². The van der Waals surface area contributed by atoms with Gasteiger partial charge in [0, 0.05) is 25.1 Å². The maximum absolute atomic E-state index is 13.1. The van der Waals surface area contributed by atoms with Crippen LogP contribution < -0.4 is 0 Å². The fourth-order valence-electron chi connectivity index (χ4n) is 3.33. The Hall–Kier alpha value is -2.21. The first-order valence-electron chi connectivity index (χ1n) is 8.29. The van der Waals surface area contributed by atoms with Crippen molar-refractivity contribution in [1.82, 2.24) is 15.1 Å². The van der Waals surface area contributed by atoms with Crippen molar-refractivity contribution in [1.29, 1.82) is 0 Å². The van der Waals surface area contributed by atoms with E-state index < -0.39 is 0 Å². The van der Waals surface area contributed by atoms with E-state index in [1.54, 1.807) is 24.1 Å². The van der Waals surface area contributed by atoms with E-state index in [1.165, 1.54) is 18.3 Å². The summed E-state index contributed by atoms with van der Waals surface area (Å²) < 4.78 is 13.1. The number of halogens is 1. The van der Waals surface area contributed by atoms with Gasteiger partial charge in [0.2, 0.25) is 0 Å². The van der Waals surface area contributed by atoms with Gasteiger partial charge >= 0.3 is 0 Å². The Labute approximate surface area is 140 Å². The van der Waals surface area contributed by atoms with Crippen molar-refractivity contribution < 1.29 is 14.3 Å². The van der Waals surface area contributed by atoms with E-state index in [4.69, 9.17) is 0 Å². The van der Waals surface area contributed by atoms with Crippen LogP contribution in [0.2, 0.25) is 0 Å². The summed E-state index contributed by atoms with van der Waals surface area (Å²) in [6, 6.07) is 5.94. The highest BCUT2D eigenvalue weighted by molar-refractivity contribution is 5.99. The number of aromatic amines is 1. The van der Waals surface area contributed by atoms with Gasteiger partial charge in [0.1, 0.15) is 5.82 Å². The molecule has 2 N–H and O–H groups in total. The number of aromatic nitrogens is 2. The van der Waals surface area contributed by atoms with Gasteiger partial charge in [-0.05, 0) is 37.1 Å². The Kier molecular flexibility index (Phi) is 4.94. The van der Waals surface area contributed by atoms with Gasteiger partial charge in [0.05, 0.1) is 23.6 Å². The van der Waals surface area contributed by atoms with Crippen LogP contribution in [0.3, 0.4) is 0 Å². The average molecular weight is 331 g/mol. The smallest absolute Gasteiger partial charge is 0.257 e. The van der Waals surface area contributed by atoms with Crippen LogP contribution in [0.1, 0.15) is 36.0 Å². The number of hydrogen-bond donors (Lipinski definition) is 2. The van der Waals surface area contributed by atoms with Gasteiger partial charge in [0.15, 0.2) is 0 Å². The lowest BCUT2D eigenvalue weighted by atomic mass is 9.86. The minimum atomic E-state index is -0.338. The van der Waals surface area contributed by atoms with Gasteiger partial charge in [-0.3, -0.25) is 9.89 Å². The Morgan fingerprint density at radius 3 is 2.75 bits per heavy atom. The Morgan fingerprint density at radius 1 is 1.33 bits per heavy atom. The minimum Gasteiger partial charge on any atom is -0.393 e. The number of aliphatic hydroxyl groups excluding tert-OH is 1. The molecular formula is C18H22FN3O2. The lowest BCUT2D eigenvalue weighted by Gasteiger charge is -2.31. The fourth-order valence-corrected chi connectivity index (χ4v) is 3.33. The van der Waals surface area contributed by atoms with Crippen LogP contribution in [0.5, 0.6) is 0 Å². The van der Waals surface area contributed by atoms with E-state index in [9.17, 15) is 14.3 Å². The predicted octanol–water partition coefficient (Wildman–Crippen LogP) is 2.84. The summed E-state index contributed by atoms with van der Waals surface area (Å²) in [5.74, 6) is -0.357. The highest BCUT2D eigenvalue weighted by Gasteiger charge is 2.27. The molecule has 0 radical (unpaired) electrons. The third kappa shape index (κ3) is 3.48. The van der Waals surface area contributed by atoms with Gasteiger partial charge < -0.3 is 10.0 Å². The molecule has 0 spiro atoms. The topological polar surface area (TPSA) is 69.2 Å². The van der Waals surface area contributed by atoms with Crippen molar-refractivity contribution in [2.45, 2.75) is 31.8 Å². The number of carbonyl (C=O) groups excluding carboxylic acids is 1. The molecule has 1 heterocycles. The van der Waals surface area contributed by atoms with Crippen LogP contribution in [0.4, 0.5) is 4.39 Å². The van der Waals surface area contributed by atoms with Crippen LogP contribution in [-0.4, -0.2) is 45.8 Å². The summed E-state index contributed by atoms with van der Waals surface area (Å²) in [6.07, 6.45) is 5.04. The molecule has 1 saturated carbocycles. The van der Waals surface area contributed by atoms with Gasteiger partial charge in [-0.2, -0.15) is 5.10 Å². The van der Waals surface area contributed by atoms with Crippen LogP contribution in [0, 0.1) is 11.7 Å². The number of amides is 1. The molecule has 1 aliphatic rings. The molecule has 6 heteroatoms. The minimum absolute atomic E-state index is 0.119. The number of benzene rings is 1. The second-order valence-corrected chi connectivity index (χ2v) is 6.46. The maximum Gasteiger partial charge on any atom is 0.257 e. The fraction of sp³-hybridized carbons (Fsp3) is 0.444. The second-order valence-electron chi connectivity index (χ2n) is 6.46. The molecule has 1 fully saturated rings. The molecule has 128 valence electrons. The molecule has 2 atom stereocenters. The molecule has 0 aliphatic heterocycles. The first-order valence-corrected chi connectivity index (χ1v) is 8.29. The molecule has 0 saturated heterocycles. The van der Waals surface area contributed by atoms with Gasteiger partial charge in [-0.25, -0.2) is 4.39 Å². The molecule has 2 unspecified atom stereocenters. The Bertz CT molecular complexity index is 699. The molecule has 1 aromatic heterocycles. The number of H-pyrrole nitrogens is 1. The van der Waals surface area contributed by atoms with Crippen molar-refractivity contribution in [3.8, 4) is 11.3 Å². The molecular weight excluding hydrogens is 309 g/mol. The van der Waals surface area contributed by atoms with E-state index in [-0.39, 0.29) is 23.7 Å². The summed E-state index contributed by atoms with van der Waals surface area (Å²) in [6.45, 7) is 0.522. The molecule has 1 aliphatic carbocycles. The van der Waals surface area contributed by atoms with Crippen molar-refractivity contribution >= 4 is 5.91 Å². The normalized spacial score (nSPS) is 20.8. The third-order valence-corrected chi connectivity index (χ3v) is 4.73. The molecule has 5 nitrogen and oxygen atoms in total. The number of carbonyl (C=O) groups is 1. The summed E-state index contributed by atoms with van der Waals surface area (Å²) in [7, 11) is 1.74. The highest BCUT2D eigenvalue weighted by atomic mass is 19.1. The van der Waals surface area contributed by atoms with E-state index in [0.29, 0.717) is 23.4 Å². The van der Waals surface area contributed by atoms with Crippen LogP contribution in [0.25, 0.3) is 11.3 Å². The quantitative estimate of drug-likeness (QED) is 0.905. The van der Waals surface area contributed by atoms with Gasteiger partial charge in [-0.1, -0.05) is 12.8 Å². The first kappa shape index (κ1) is 16.6. The zero-order valence-electron chi connectivity index (χ0n) is 13.7. The van der Waals surface area contributed by atoms with E-state index >= 15 is 0 Å². The summed E-state index contributed by atoms with van der Waals surface area (Å²) in [4.78, 5) is 14.4. The average Bonchev–Trinajstić information content (AvgIpc) is 3.06. The lowest BCUT2D eigenvalue weighted by molar-refractivity contribution is 0.0451.